The number of nitrogens with one attached hydrogen (secondary N) is 2. The first kappa shape index (κ1) is 15.5. The second-order valence-electron chi connectivity index (χ2n) is 5.30. The Labute approximate surface area is 116 Å². The summed E-state index contributed by atoms with van der Waals surface area (Å²) < 4.78 is 0. The molecule has 0 saturated carbocycles. The fraction of sp³-hybridized carbons (Fsp3) is 0.600. The second-order valence-corrected chi connectivity index (χ2v) is 5.30. The number of anilines is 1. The number of aromatic nitrogens is 1. The van der Waals surface area contributed by atoms with Crippen LogP contribution < -0.4 is 10.6 Å². The lowest BCUT2D eigenvalue weighted by molar-refractivity contribution is 0.0937. The normalized spacial score (nSPS) is 12.3. The molecule has 0 radical (unpaired) electrons. The van der Waals surface area contributed by atoms with Crippen LogP contribution in [0.25, 0.3) is 0 Å². The van der Waals surface area contributed by atoms with Crippen molar-refractivity contribution in [1.29, 1.82) is 0 Å². The molecule has 0 aromatic carbocycles. The molecule has 19 heavy (non-hydrogen) atoms. The quantitative estimate of drug-likeness (QED) is 0.795. The Balaban J connectivity index is 2.62. The van der Waals surface area contributed by atoms with Crippen molar-refractivity contribution in [2.24, 2.45) is 5.92 Å². The first-order valence-electron chi connectivity index (χ1n) is 7.03. The molecule has 1 aromatic rings. The summed E-state index contributed by atoms with van der Waals surface area (Å²) in [6.45, 7) is 9.22. The molecule has 1 atom stereocenters. The van der Waals surface area contributed by atoms with Gasteiger partial charge in [0.1, 0.15) is 0 Å². The van der Waals surface area contributed by atoms with Gasteiger partial charge < -0.3 is 10.6 Å². The van der Waals surface area contributed by atoms with Gasteiger partial charge in [0.2, 0.25) is 0 Å². The van der Waals surface area contributed by atoms with Gasteiger partial charge in [-0.2, -0.15) is 0 Å². The first-order valence-corrected chi connectivity index (χ1v) is 7.03. The second kappa shape index (κ2) is 7.77. The topological polar surface area (TPSA) is 54.0 Å². The van der Waals surface area contributed by atoms with E-state index in [4.69, 9.17) is 0 Å². The standard InChI is InChI=1S/C15H25N3O/c1-5-17-14-8-9-16-10-13(14)15(19)18-12(4)7-6-11(2)3/h8-12H,5-7H2,1-4H3,(H,16,17)(H,18,19). The number of nitrogens with zero attached hydrogens (tertiary/aromatic N) is 1. The zero-order valence-electron chi connectivity index (χ0n) is 12.4. The van der Waals surface area contributed by atoms with E-state index in [9.17, 15) is 4.79 Å². The van der Waals surface area contributed by atoms with Crippen molar-refractivity contribution < 1.29 is 4.79 Å². The van der Waals surface area contributed by atoms with Crippen molar-refractivity contribution >= 4 is 11.6 Å². The van der Waals surface area contributed by atoms with Gasteiger partial charge in [-0.05, 0) is 38.7 Å². The molecule has 106 valence electrons. The van der Waals surface area contributed by atoms with Crippen molar-refractivity contribution in [2.75, 3.05) is 11.9 Å². The third-order valence-electron chi connectivity index (χ3n) is 2.99. The zero-order chi connectivity index (χ0) is 14.3. The SMILES string of the molecule is CCNc1ccncc1C(=O)NC(C)CCC(C)C. The van der Waals surface area contributed by atoms with Crippen LogP contribution in [0.3, 0.4) is 0 Å². The molecular formula is C15H25N3O. The molecule has 0 aliphatic carbocycles. The van der Waals surface area contributed by atoms with Gasteiger partial charge in [-0.1, -0.05) is 13.8 Å². The van der Waals surface area contributed by atoms with Crippen LogP contribution in [0.5, 0.6) is 0 Å². The van der Waals surface area contributed by atoms with Crippen LogP contribution in [-0.4, -0.2) is 23.5 Å². The Morgan fingerprint density at radius 1 is 1.32 bits per heavy atom. The third kappa shape index (κ3) is 5.28. The maximum Gasteiger partial charge on any atom is 0.255 e. The van der Waals surface area contributed by atoms with Gasteiger partial charge in [0.25, 0.3) is 5.91 Å². The van der Waals surface area contributed by atoms with Crippen LogP contribution >= 0.6 is 0 Å². The summed E-state index contributed by atoms with van der Waals surface area (Å²) in [5.41, 5.74) is 1.45. The Morgan fingerprint density at radius 2 is 2.05 bits per heavy atom. The molecule has 0 saturated heterocycles. The number of amides is 1. The van der Waals surface area contributed by atoms with Gasteiger partial charge in [0.05, 0.1) is 11.3 Å². The number of carbonyl (C=O) groups excluding carboxylic acids is 1. The van der Waals surface area contributed by atoms with Crippen LogP contribution in [0, 0.1) is 5.92 Å². The fourth-order valence-electron chi connectivity index (χ4n) is 1.88. The van der Waals surface area contributed by atoms with E-state index in [0.717, 1.165) is 25.1 Å². The van der Waals surface area contributed by atoms with Crippen LogP contribution in [0.2, 0.25) is 0 Å². The monoisotopic (exact) mass is 263 g/mol. The van der Waals surface area contributed by atoms with E-state index in [1.807, 2.05) is 19.9 Å². The van der Waals surface area contributed by atoms with E-state index in [1.54, 1.807) is 12.4 Å². The number of rotatable bonds is 7. The molecule has 0 aliphatic heterocycles. The van der Waals surface area contributed by atoms with Crippen LogP contribution in [0.1, 0.15) is 50.9 Å². The summed E-state index contributed by atoms with van der Waals surface area (Å²) in [7, 11) is 0. The van der Waals surface area contributed by atoms with E-state index < -0.39 is 0 Å². The Kier molecular flexibility index (Phi) is 6.33. The molecular weight excluding hydrogens is 238 g/mol. The smallest absolute Gasteiger partial charge is 0.255 e. The van der Waals surface area contributed by atoms with Crippen molar-refractivity contribution in [3.63, 3.8) is 0 Å². The van der Waals surface area contributed by atoms with E-state index >= 15 is 0 Å². The van der Waals surface area contributed by atoms with Crippen molar-refractivity contribution in [3.05, 3.63) is 24.0 Å². The Hall–Kier alpha value is -1.58. The van der Waals surface area contributed by atoms with Gasteiger partial charge in [0, 0.05) is 25.0 Å². The van der Waals surface area contributed by atoms with Gasteiger partial charge >= 0.3 is 0 Å². The first-order chi connectivity index (χ1) is 9.04. The zero-order valence-corrected chi connectivity index (χ0v) is 12.4. The largest absolute Gasteiger partial charge is 0.385 e. The number of pyridine rings is 1. The molecule has 0 fully saturated rings. The molecule has 4 nitrogen and oxygen atoms in total. The summed E-state index contributed by atoms with van der Waals surface area (Å²) in [6, 6.07) is 2.02. The van der Waals surface area contributed by atoms with Crippen LogP contribution in [0.15, 0.2) is 18.5 Å². The molecule has 0 bridgehead atoms. The lowest BCUT2D eigenvalue weighted by atomic mass is 10.0. The summed E-state index contributed by atoms with van der Waals surface area (Å²) in [5, 5.41) is 6.21. The Bertz CT molecular complexity index is 404. The Morgan fingerprint density at radius 3 is 2.68 bits per heavy atom. The fourth-order valence-corrected chi connectivity index (χ4v) is 1.88. The lowest BCUT2D eigenvalue weighted by Crippen LogP contribution is -2.33. The number of hydrogen-bond donors (Lipinski definition) is 2. The maximum absolute atomic E-state index is 12.2. The van der Waals surface area contributed by atoms with Gasteiger partial charge in [0.15, 0.2) is 0 Å². The number of hydrogen-bond acceptors (Lipinski definition) is 3. The molecule has 0 aliphatic rings. The molecule has 4 heteroatoms. The predicted octanol–water partition coefficient (Wildman–Crippen LogP) is 3.07. The molecule has 1 unspecified atom stereocenters. The van der Waals surface area contributed by atoms with Gasteiger partial charge in [-0.15, -0.1) is 0 Å². The average molecular weight is 263 g/mol. The van der Waals surface area contributed by atoms with Gasteiger partial charge in [-0.25, -0.2) is 0 Å². The number of carbonyl (C=O) groups is 1. The average Bonchev–Trinajstić information content (AvgIpc) is 2.37. The summed E-state index contributed by atoms with van der Waals surface area (Å²) in [6.07, 6.45) is 5.42. The summed E-state index contributed by atoms with van der Waals surface area (Å²) in [5.74, 6) is 0.607. The van der Waals surface area contributed by atoms with Crippen molar-refractivity contribution in [3.8, 4) is 0 Å². The highest BCUT2D eigenvalue weighted by molar-refractivity contribution is 5.99. The minimum absolute atomic E-state index is 0.0553. The van der Waals surface area contributed by atoms with E-state index in [0.29, 0.717) is 11.5 Å². The van der Waals surface area contributed by atoms with Crippen molar-refractivity contribution in [2.45, 2.75) is 46.6 Å². The third-order valence-corrected chi connectivity index (χ3v) is 2.99. The maximum atomic E-state index is 12.2. The van der Waals surface area contributed by atoms with E-state index in [1.165, 1.54) is 0 Å². The predicted molar refractivity (Wildman–Crippen MR) is 79.4 cm³/mol. The van der Waals surface area contributed by atoms with E-state index in [2.05, 4.69) is 29.5 Å². The van der Waals surface area contributed by atoms with Crippen LogP contribution in [-0.2, 0) is 0 Å². The minimum Gasteiger partial charge on any atom is -0.385 e. The molecule has 1 amide bonds. The highest BCUT2D eigenvalue weighted by atomic mass is 16.1. The summed E-state index contributed by atoms with van der Waals surface area (Å²) >= 11 is 0. The lowest BCUT2D eigenvalue weighted by Gasteiger charge is -2.16. The van der Waals surface area contributed by atoms with Gasteiger partial charge in [-0.3, -0.25) is 9.78 Å². The van der Waals surface area contributed by atoms with E-state index in [-0.39, 0.29) is 11.9 Å². The minimum atomic E-state index is -0.0553. The highest BCUT2D eigenvalue weighted by Gasteiger charge is 2.13. The molecule has 0 spiro atoms. The molecule has 2 N–H and O–H groups in total. The molecule has 1 aromatic heterocycles. The molecule has 1 rings (SSSR count). The van der Waals surface area contributed by atoms with Crippen LogP contribution in [0.4, 0.5) is 5.69 Å². The molecule has 1 heterocycles. The summed E-state index contributed by atoms with van der Waals surface area (Å²) in [4.78, 5) is 16.2. The van der Waals surface area contributed by atoms with Crippen molar-refractivity contribution in [1.82, 2.24) is 10.3 Å². The highest BCUT2D eigenvalue weighted by Crippen LogP contribution is 2.14.